The molecule has 0 saturated carbocycles. The van der Waals surface area contributed by atoms with Gasteiger partial charge < -0.3 is 5.32 Å². The van der Waals surface area contributed by atoms with Gasteiger partial charge in [0.15, 0.2) is 0 Å². The van der Waals surface area contributed by atoms with Crippen LogP contribution in [0.4, 0.5) is 0 Å². The Morgan fingerprint density at radius 1 is 1.42 bits per heavy atom. The molecule has 1 aromatic carbocycles. The molecule has 100 valence electrons. The maximum atomic E-state index is 12.1. The van der Waals surface area contributed by atoms with Crippen molar-refractivity contribution in [3.05, 3.63) is 51.8 Å². The lowest BCUT2D eigenvalue weighted by Gasteiger charge is -2.08. The highest BCUT2D eigenvalue weighted by atomic mass is 79.9. The van der Waals surface area contributed by atoms with Crippen LogP contribution in [-0.4, -0.2) is 22.2 Å². The first-order valence-electron chi connectivity index (χ1n) is 6.09. The number of halogens is 1. The number of hydrogen-bond donors (Lipinski definition) is 1. The summed E-state index contributed by atoms with van der Waals surface area (Å²) in [4.78, 5) is 12.1. The van der Waals surface area contributed by atoms with E-state index in [1.54, 1.807) is 6.20 Å². The van der Waals surface area contributed by atoms with Gasteiger partial charge >= 0.3 is 0 Å². The number of amides is 1. The van der Waals surface area contributed by atoms with Crippen LogP contribution < -0.4 is 5.32 Å². The van der Waals surface area contributed by atoms with Crippen molar-refractivity contribution in [3.8, 4) is 0 Å². The molecule has 0 fully saturated rings. The van der Waals surface area contributed by atoms with E-state index in [9.17, 15) is 4.79 Å². The molecule has 2 aromatic rings. The molecule has 1 aromatic heterocycles. The Bertz CT molecular complexity index is 592. The highest BCUT2D eigenvalue weighted by Gasteiger charge is 2.09. The van der Waals surface area contributed by atoms with Gasteiger partial charge in [-0.15, -0.1) is 0 Å². The molecule has 0 atom stereocenters. The van der Waals surface area contributed by atoms with Crippen LogP contribution in [0.2, 0.25) is 0 Å². The number of hydrogen-bond acceptors (Lipinski definition) is 2. The van der Waals surface area contributed by atoms with Gasteiger partial charge in [0.25, 0.3) is 5.91 Å². The Morgan fingerprint density at radius 2 is 2.21 bits per heavy atom. The number of nitrogens with one attached hydrogen (secondary N) is 1. The van der Waals surface area contributed by atoms with Gasteiger partial charge in [0, 0.05) is 36.4 Å². The molecule has 2 rings (SSSR count). The molecule has 0 saturated heterocycles. The molecule has 1 N–H and O–H groups in total. The van der Waals surface area contributed by atoms with Crippen LogP contribution in [0, 0.1) is 6.92 Å². The molecule has 0 aliphatic carbocycles. The SMILES string of the molecule is Cc1ccc(Br)c(C(=O)NCCc2ccnn2C)c1. The first-order chi connectivity index (χ1) is 9.08. The third-order valence-corrected chi connectivity index (χ3v) is 3.65. The Balaban J connectivity index is 1.94. The summed E-state index contributed by atoms with van der Waals surface area (Å²) >= 11 is 3.40. The summed E-state index contributed by atoms with van der Waals surface area (Å²) in [6.07, 6.45) is 2.53. The summed E-state index contributed by atoms with van der Waals surface area (Å²) in [7, 11) is 1.90. The van der Waals surface area contributed by atoms with Gasteiger partial charge in [-0.05, 0) is 41.1 Å². The molecule has 0 bridgehead atoms. The number of aryl methyl sites for hydroxylation is 2. The monoisotopic (exact) mass is 321 g/mol. The maximum Gasteiger partial charge on any atom is 0.252 e. The maximum absolute atomic E-state index is 12.1. The molecule has 0 unspecified atom stereocenters. The molecule has 1 amide bonds. The fraction of sp³-hybridized carbons (Fsp3) is 0.286. The van der Waals surface area contributed by atoms with E-state index in [1.165, 1.54) is 0 Å². The lowest BCUT2D eigenvalue weighted by Crippen LogP contribution is -2.26. The largest absolute Gasteiger partial charge is 0.352 e. The van der Waals surface area contributed by atoms with Crippen molar-refractivity contribution in [3.63, 3.8) is 0 Å². The second-order valence-corrected chi connectivity index (χ2v) is 5.29. The fourth-order valence-electron chi connectivity index (χ4n) is 1.86. The Labute approximate surface area is 120 Å². The smallest absolute Gasteiger partial charge is 0.252 e. The minimum absolute atomic E-state index is 0.0576. The van der Waals surface area contributed by atoms with Gasteiger partial charge in [0.2, 0.25) is 0 Å². The van der Waals surface area contributed by atoms with Crippen LogP contribution in [0.25, 0.3) is 0 Å². The summed E-state index contributed by atoms with van der Waals surface area (Å²) in [6, 6.07) is 7.69. The third-order valence-electron chi connectivity index (χ3n) is 2.96. The summed E-state index contributed by atoms with van der Waals surface area (Å²) < 4.78 is 2.63. The predicted octanol–water partition coefficient (Wildman–Crippen LogP) is 2.46. The van der Waals surface area contributed by atoms with E-state index in [2.05, 4.69) is 26.3 Å². The lowest BCUT2D eigenvalue weighted by atomic mass is 10.1. The Hall–Kier alpha value is -1.62. The second kappa shape index (κ2) is 6.02. The second-order valence-electron chi connectivity index (χ2n) is 4.44. The number of aromatic nitrogens is 2. The van der Waals surface area contributed by atoms with Gasteiger partial charge in [-0.1, -0.05) is 11.6 Å². The number of nitrogens with zero attached hydrogens (tertiary/aromatic N) is 2. The first-order valence-corrected chi connectivity index (χ1v) is 6.88. The molecular weight excluding hydrogens is 306 g/mol. The molecule has 5 heteroatoms. The minimum Gasteiger partial charge on any atom is -0.352 e. The van der Waals surface area contributed by atoms with E-state index in [-0.39, 0.29) is 5.91 Å². The average molecular weight is 322 g/mol. The minimum atomic E-state index is -0.0576. The normalized spacial score (nSPS) is 10.5. The molecule has 0 aliphatic heterocycles. The van der Waals surface area contributed by atoms with Gasteiger partial charge in [0.05, 0.1) is 5.56 Å². The third kappa shape index (κ3) is 3.44. The zero-order chi connectivity index (χ0) is 13.8. The van der Waals surface area contributed by atoms with E-state index in [1.807, 2.05) is 42.9 Å². The quantitative estimate of drug-likeness (QED) is 0.940. The van der Waals surface area contributed by atoms with Crippen LogP contribution in [0.15, 0.2) is 34.9 Å². The lowest BCUT2D eigenvalue weighted by molar-refractivity contribution is 0.0953. The molecule has 0 aliphatic rings. The first kappa shape index (κ1) is 13.8. The number of carbonyl (C=O) groups is 1. The summed E-state index contributed by atoms with van der Waals surface area (Å²) in [5.41, 5.74) is 2.84. The zero-order valence-corrected chi connectivity index (χ0v) is 12.6. The van der Waals surface area contributed by atoms with Crippen molar-refractivity contribution in [2.45, 2.75) is 13.3 Å². The fourth-order valence-corrected chi connectivity index (χ4v) is 2.29. The highest BCUT2D eigenvalue weighted by Crippen LogP contribution is 2.17. The summed E-state index contributed by atoms with van der Waals surface area (Å²) in [5.74, 6) is -0.0576. The molecule has 1 heterocycles. The zero-order valence-electron chi connectivity index (χ0n) is 11.0. The van der Waals surface area contributed by atoms with Crippen LogP contribution in [-0.2, 0) is 13.5 Å². The number of benzene rings is 1. The summed E-state index contributed by atoms with van der Waals surface area (Å²) in [6.45, 7) is 2.57. The molecule has 19 heavy (non-hydrogen) atoms. The Kier molecular flexibility index (Phi) is 4.37. The summed E-state index contributed by atoms with van der Waals surface area (Å²) in [5, 5.41) is 7.02. The molecular formula is C14H16BrN3O. The van der Waals surface area contributed by atoms with E-state index in [4.69, 9.17) is 0 Å². The van der Waals surface area contributed by atoms with Crippen LogP contribution in [0.5, 0.6) is 0 Å². The topological polar surface area (TPSA) is 46.9 Å². The van der Waals surface area contributed by atoms with Crippen molar-refractivity contribution in [2.75, 3.05) is 6.54 Å². The van der Waals surface area contributed by atoms with Crippen molar-refractivity contribution < 1.29 is 4.79 Å². The van der Waals surface area contributed by atoms with Crippen LogP contribution >= 0.6 is 15.9 Å². The number of rotatable bonds is 4. The molecule has 4 nitrogen and oxygen atoms in total. The van der Waals surface area contributed by atoms with E-state index < -0.39 is 0 Å². The Morgan fingerprint density at radius 3 is 2.89 bits per heavy atom. The van der Waals surface area contributed by atoms with Gasteiger partial charge in [0.1, 0.15) is 0 Å². The molecule has 0 spiro atoms. The van der Waals surface area contributed by atoms with Crippen molar-refractivity contribution in [1.29, 1.82) is 0 Å². The van der Waals surface area contributed by atoms with Crippen molar-refractivity contribution >= 4 is 21.8 Å². The van der Waals surface area contributed by atoms with Gasteiger partial charge in [-0.2, -0.15) is 5.10 Å². The van der Waals surface area contributed by atoms with E-state index in [0.717, 1.165) is 22.2 Å². The van der Waals surface area contributed by atoms with Crippen LogP contribution in [0.3, 0.4) is 0 Å². The molecule has 0 radical (unpaired) electrons. The van der Waals surface area contributed by atoms with Crippen molar-refractivity contribution in [2.24, 2.45) is 7.05 Å². The van der Waals surface area contributed by atoms with Gasteiger partial charge in [-0.25, -0.2) is 0 Å². The predicted molar refractivity (Wildman–Crippen MR) is 78.1 cm³/mol. The van der Waals surface area contributed by atoms with Crippen molar-refractivity contribution in [1.82, 2.24) is 15.1 Å². The number of carbonyl (C=O) groups excluding carboxylic acids is 1. The van der Waals surface area contributed by atoms with Gasteiger partial charge in [-0.3, -0.25) is 9.48 Å². The van der Waals surface area contributed by atoms with E-state index in [0.29, 0.717) is 12.1 Å². The standard InChI is InChI=1S/C14H16BrN3O/c1-10-3-4-13(15)12(9-10)14(19)16-7-5-11-6-8-17-18(11)2/h3-4,6,8-9H,5,7H2,1-2H3,(H,16,19). The van der Waals surface area contributed by atoms with E-state index >= 15 is 0 Å². The van der Waals surface area contributed by atoms with Crippen LogP contribution in [0.1, 0.15) is 21.6 Å². The average Bonchev–Trinajstić information content (AvgIpc) is 2.78. The highest BCUT2D eigenvalue weighted by molar-refractivity contribution is 9.10.